The van der Waals surface area contributed by atoms with E-state index in [1.54, 1.807) is 0 Å². The van der Waals surface area contributed by atoms with Crippen molar-refractivity contribution in [2.45, 2.75) is 44.4 Å². The SMILES string of the molecule is NC1CCn2c(cnc2C2CCCO2)C1. The summed E-state index contributed by atoms with van der Waals surface area (Å²) < 4.78 is 7.98. The van der Waals surface area contributed by atoms with Crippen LogP contribution in [0.4, 0.5) is 0 Å². The summed E-state index contributed by atoms with van der Waals surface area (Å²) in [6.45, 7) is 1.89. The normalized spacial score (nSPS) is 30.5. The van der Waals surface area contributed by atoms with Crippen molar-refractivity contribution in [3.63, 3.8) is 0 Å². The monoisotopic (exact) mass is 207 g/mol. The maximum atomic E-state index is 5.94. The van der Waals surface area contributed by atoms with E-state index in [-0.39, 0.29) is 6.10 Å². The Morgan fingerprint density at radius 1 is 1.47 bits per heavy atom. The molecule has 1 saturated heterocycles. The Morgan fingerprint density at radius 3 is 3.20 bits per heavy atom. The van der Waals surface area contributed by atoms with Gasteiger partial charge in [0.15, 0.2) is 0 Å². The van der Waals surface area contributed by atoms with Gasteiger partial charge in [0, 0.05) is 37.5 Å². The minimum Gasteiger partial charge on any atom is -0.370 e. The highest BCUT2D eigenvalue weighted by molar-refractivity contribution is 5.12. The molecule has 0 amide bonds. The maximum absolute atomic E-state index is 5.94. The number of rotatable bonds is 1. The van der Waals surface area contributed by atoms with Crippen LogP contribution in [-0.2, 0) is 17.7 Å². The number of imidazole rings is 1. The molecule has 1 fully saturated rings. The molecule has 2 atom stereocenters. The third-order valence-electron chi connectivity index (χ3n) is 3.38. The van der Waals surface area contributed by atoms with E-state index in [2.05, 4.69) is 9.55 Å². The lowest BCUT2D eigenvalue weighted by molar-refractivity contribution is 0.101. The van der Waals surface area contributed by atoms with Crippen molar-refractivity contribution in [1.29, 1.82) is 0 Å². The van der Waals surface area contributed by atoms with Crippen LogP contribution in [0.1, 0.15) is 36.9 Å². The van der Waals surface area contributed by atoms with Crippen LogP contribution < -0.4 is 5.73 Å². The van der Waals surface area contributed by atoms with Crippen LogP contribution in [0.5, 0.6) is 0 Å². The van der Waals surface area contributed by atoms with E-state index < -0.39 is 0 Å². The molecular weight excluding hydrogens is 190 g/mol. The lowest BCUT2D eigenvalue weighted by Gasteiger charge is -2.23. The lowest BCUT2D eigenvalue weighted by Crippen LogP contribution is -2.31. The summed E-state index contributed by atoms with van der Waals surface area (Å²) in [6, 6.07) is 0.312. The van der Waals surface area contributed by atoms with Gasteiger partial charge in [0.25, 0.3) is 0 Å². The van der Waals surface area contributed by atoms with Gasteiger partial charge in [-0.1, -0.05) is 0 Å². The minimum atomic E-state index is 0.230. The van der Waals surface area contributed by atoms with Gasteiger partial charge in [-0.15, -0.1) is 0 Å². The van der Waals surface area contributed by atoms with Crippen molar-refractivity contribution in [1.82, 2.24) is 9.55 Å². The summed E-state index contributed by atoms with van der Waals surface area (Å²) in [6.07, 6.45) is 6.49. The third kappa shape index (κ3) is 1.58. The molecule has 0 aromatic carbocycles. The van der Waals surface area contributed by atoms with Crippen molar-refractivity contribution in [3.8, 4) is 0 Å². The Labute approximate surface area is 89.4 Å². The van der Waals surface area contributed by atoms with Gasteiger partial charge in [-0.05, 0) is 19.3 Å². The van der Waals surface area contributed by atoms with Gasteiger partial charge in [0.1, 0.15) is 11.9 Å². The molecule has 15 heavy (non-hydrogen) atoms. The first-order valence-electron chi connectivity index (χ1n) is 5.76. The maximum Gasteiger partial charge on any atom is 0.138 e. The molecule has 1 aromatic rings. The molecule has 2 N–H and O–H groups in total. The Kier molecular flexibility index (Phi) is 2.25. The molecule has 0 aliphatic carbocycles. The van der Waals surface area contributed by atoms with E-state index in [4.69, 9.17) is 10.5 Å². The topological polar surface area (TPSA) is 53.1 Å². The van der Waals surface area contributed by atoms with Crippen molar-refractivity contribution in [3.05, 3.63) is 17.7 Å². The number of hydrogen-bond acceptors (Lipinski definition) is 3. The van der Waals surface area contributed by atoms with Gasteiger partial charge in [0.05, 0.1) is 0 Å². The molecule has 2 unspecified atom stereocenters. The Bertz CT molecular complexity index is 355. The number of ether oxygens (including phenoxy) is 1. The molecular formula is C11H17N3O. The highest BCUT2D eigenvalue weighted by atomic mass is 16.5. The van der Waals surface area contributed by atoms with Crippen molar-refractivity contribution < 1.29 is 4.74 Å². The fourth-order valence-electron chi connectivity index (χ4n) is 2.55. The van der Waals surface area contributed by atoms with Crippen LogP contribution in [0.3, 0.4) is 0 Å². The summed E-state index contributed by atoms with van der Waals surface area (Å²) in [7, 11) is 0. The Morgan fingerprint density at radius 2 is 2.40 bits per heavy atom. The van der Waals surface area contributed by atoms with E-state index >= 15 is 0 Å². The predicted molar refractivity (Wildman–Crippen MR) is 56.5 cm³/mol. The molecule has 82 valence electrons. The first-order valence-corrected chi connectivity index (χ1v) is 5.76. The molecule has 4 heteroatoms. The van der Waals surface area contributed by atoms with Crippen LogP contribution in [0, 0.1) is 0 Å². The van der Waals surface area contributed by atoms with Crippen LogP contribution in [0.25, 0.3) is 0 Å². The average molecular weight is 207 g/mol. The molecule has 0 radical (unpaired) electrons. The summed E-state index contributed by atoms with van der Waals surface area (Å²) in [5.41, 5.74) is 7.22. The zero-order valence-electron chi connectivity index (χ0n) is 8.85. The second-order valence-electron chi connectivity index (χ2n) is 4.51. The fraction of sp³-hybridized carbons (Fsp3) is 0.727. The van der Waals surface area contributed by atoms with E-state index in [1.807, 2.05) is 6.20 Å². The van der Waals surface area contributed by atoms with Crippen molar-refractivity contribution >= 4 is 0 Å². The summed E-state index contributed by atoms with van der Waals surface area (Å²) in [4.78, 5) is 4.50. The summed E-state index contributed by atoms with van der Waals surface area (Å²) in [5, 5.41) is 0. The summed E-state index contributed by atoms with van der Waals surface area (Å²) in [5.74, 6) is 1.12. The zero-order chi connectivity index (χ0) is 10.3. The number of aromatic nitrogens is 2. The van der Waals surface area contributed by atoms with Gasteiger partial charge in [0.2, 0.25) is 0 Å². The van der Waals surface area contributed by atoms with Crippen molar-refractivity contribution in [2.75, 3.05) is 6.61 Å². The molecule has 0 bridgehead atoms. The molecule has 0 spiro atoms. The molecule has 2 aliphatic heterocycles. The van der Waals surface area contributed by atoms with Gasteiger partial charge in [-0.25, -0.2) is 4.98 Å². The van der Waals surface area contributed by atoms with Crippen LogP contribution in [0.2, 0.25) is 0 Å². The molecule has 3 heterocycles. The quantitative estimate of drug-likeness (QED) is 0.747. The first kappa shape index (κ1) is 9.36. The average Bonchev–Trinajstić information content (AvgIpc) is 2.82. The zero-order valence-corrected chi connectivity index (χ0v) is 8.85. The van der Waals surface area contributed by atoms with Crippen molar-refractivity contribution in [2.24, 2.45) is 5.73 Å². The largest absolute Gasteiger partial charge is 0.370 e. The Balaban J connectivity index is 1.90. The van der Waals surface area contributed by atoms with E-state index in [0.29, 0.717) is 6.04 Å². The fourth-order valence-corrected chi connectivity index (χ4v) is 2.55. The molecule has 3 rings (SSSR count). The molecule has 2 aliphatic rings. The van der Waals surface area contributed by atoms with Crippen LogP contribution in [0.15, 0.2) is 6.20 Å². The number of nitrogens with two attached hydrogens (primary N) is 1. The smallest absolute Gasteiger partial charge is 0.138 e. The highest BCUT2D eigenvalue weighted by Gasteiger charge is 2.26. The second-order valence-corrected chi connectivity index (χ2v) is 4.51. The van der Waals surface area contributed by atoms with E-state index in [9.17, 15) is 0 Å². The molecule has 0 saturated carbocycles. The Hall–Kier alpha value is -0.870. The van der Waals surface area contributed by atoms with Gasteiger partial charge < -0.3 is 15.0 Å². The first-order chi connectivity index (χ1) is 7.34. The number of nitrogens with zero attached hydrogens (tertiary/aromatic N) is 2. The minimum absolute atomic E-state index is 0.230. The standard InChI is InChI=1S/C11H17N3O/c12-8-3-4-14-9(6-8)7-13-11(14)10-2-1-5-15-10/h7-8,10H,1-6,12H2. The summed E-state index contributed by atoms with van der Waals surface area (Å²) >= 11 is 0. The molecule has 4 nitrogen and oxygen atoms in total. The third-order valence-corrected chi connectivity index (χ3v) is 3.38. The van der Waals surface area contributed by atoms with E-state index in [0.717, 1.165) is 44.7 Å². The van der Waals surface area contributed by atoms with Gasteiger partial charge >= 0.3 is 0 Å². The lowest BCUT2D eigenvalue weighted by atomic mass is 10.1. The second kappa shape index (κ2) is 3.61. The number of hydrogen-bond donors (Lipinski definition) is 1. The van der Waals surface area contributed by atoms with Gasteiger partial charge in [-0.2, -0.15) is 0 Å². The molecule has 1 aromatic heterocycles. The van der Waals surface area contributed by atoms with E-state index in [1.165, 1.54) is 5.69 Å². The van der Waals surface area contributed by atoms with Crippen LogP contribution in [-0.4, -0.2) is 22.2 Å². The van der Waals surface area contributed by atoms with Gasteiger partial charge in [-0.3, -0.25) is 0 Å². The highest BCUT2D eigenvalue weighted by Crippen LogP contribution is 2.29. The predicted octanol–water partition coefficient (Wildman–Crippen LogP) is 1.01. The number of fused-ring (bicyclic) bond motifs is 1. The van der Waals surface area contributed by atoms with Crippen LogP contribution >= 0.6 is 0 Å².